The van der Waals surface area contributed by atoms with Crippen molar-refractivity contribution in [2.75, 3.05) is 10.6 Å². The molecule has 2 rings (SSSR count). The van der Waals surface area contributed by atoms with Crippen molar-refractivity contribution in [2.45, 2.75) is 26.4 Å². The van der Waals surface area contributed by atoms with Crippen LogP contribution < -0.4 is 10.6 Å². The number of amides is 1. The van der Waals surface area contributed by atoms with Crippen molar-refractivity contribution < 1.29 is 9.72 Å². The summed E-state index contributed by atoms with van der Waals surface area (Å²) in [4.78, 5) is 22.3. The second kappa shape index (κ2) is 7.10. The molecule has 0 fully saturated rings. The predicted molar refractivity (Wildman–Crippen MR) is 87.7 cm³/mol. The number of carbonyl (C=O) groups is 1. The van der Waals surface area contributed by atoms with E-state index in [0.717, 1.165) is 12.2 Å². The average molecular weight is 338 g/mol. The molecule has 23 heavy (non-hydrogen) atoms. The topological polar surface area (TPSA) is 102 Å². The zero-order chi connectivity index (χ0) is 17.0. The first-order chi connectivity index (χ1) is 10.9. The molecule has 0 bridgehead atoms. The van der Waals surface area contributed by atoms with Gasteiger partial charge in [-0.1, -0.05) is 11.6 Å². The molecule has 1 unspecified atom stereocenters. The molecule has 8 nitrogen and oxygen atoms in total. The molecule has 0 aliphatic carbocycles. The lowest BCUT2D eigenvalue weighted by Gasteiger charge is -2.14. The minimum absolute atomic E-state index is 0.110. The van der Waals surface area contributed by atoms with Gasteiger partial charge in [-0.25, -0.2) is 0 Å². The van der Waals surface area contributed by atoms with Crippen LogP contribution in [0.5, 0.6) is 0 Å². The number of non-ortho nitro benzene ring substituents is 1. The normalized spacial score (nSPS) is 11.8. The Morgan fingerprint density at radius 3 is 2.83 bits per heavy atom. The SMILES string of the molecule is CCn1cc(NC(C)C(=O)Nc2ccc([N+](=O)[O-])cc2Cl)cn1. The molecule has 2 aromatic rings. The maximum Gasteiger partial charge on any atom is 0.271 e. The quantitative estimate of drug-likeness (QED) is 0.623. The molecule has 0 aliphatic rings. The van der Waals surface area contributed by atoms with Crippen molar-refractivity contribution in [3.63, 3.8) is 0 Å². The van der Waals surface area contributed by atoms with Crippen molar-refractivity contribution in [1.82, 2.24) is 9.78 Å². The Bertz CT molecular complexity index is 731. The summed E-state index contributed by atoms with van der Waals surface area (Å²) in [6, 6.07) is 3.35. The number of halogens is 1. The Morgan fingerprint density at radius 2 is 2.26 bits per heavy atom. The average Bonchev–Trinajstić information content (AvgIpc) is 2.96. The molecule has 0 radical (unpaired) electrons. The van der Waals surface area contributed by atoms with Crippen LogP contribution in [0.4, 0.5) is 17.1 Å². The van der Waals surface area contributed by atoms with E-state index in [0.29, 0.717) is 5.69 Å². The van der Waals surface area contributed by atoms with Crippen molar-refractivity contribution >= 4 is 34.6 Å². The second-order valence-electron chi connectivity index (χ2n) is 4.86. The van der Waals surface area contributed by atoms with Crippen LogP contribution in [-0.2, 0) is 11.3 Å². The molecule has 1 aromatic carbocycles. The maximum atomic E-state index is 12.2. The standard InChI is InChI=1S/C14H16ClN5O3/c1-3-19-8-10(7-16-19)17-9(2)14(21)18-13-5-4-11(20(22)23)6-12(13)15/h4-9,17H,3H2,1-2H3,(H,18,21). The lowest BCUT2D eigenvalue weighted by atomic mass is 10.2. The highest BCUT2D eigenvalue weighted by atomic mass is 35.5. The van der Waals surface area contributed by atoms with Crippen molar-refractivity contribution in [1.29, 1.82) is 0 Å². The summed E-state index contributed by atoms with van der Waals surface area (Å²) in [6.07, 6.45) is 3.43. The highest BCUT2D eigenvalue weighted by Gasteiger charge is 2.16. The molecule has 1 heterocycles. The van der Waals surface area contributed by atoms with Gasteiger partial charge in [0.1, 0.15) is 6.04 Å². The van der Waals surface area contributed by atoms with E-state index >= 15 is 0 Å². The number of hydrogen-bond acceptors (Lipinski definition) is 5. The molecule has 0 spiro atoms. The molecule has 122 valence electrons. The first kappa shape index (κ1) is 16.8. The van der Waals surface area contributed by atoms with Gasteiger partial charge in [-0.15, -0.1) is 0 Å². The summed E-state index contributed by atoms with van der Waals surface area (Å²) in [5, 5.41) is 20.5. The zero-order valence-corrected chi connectivity index (χ0v) is 13.4. The van der Waals surface area contributed by atoms with Crippen molar-refractivity contribution in [3.8, 4) is 0 Å². The fraction of sp³-hybridized carbons (Fsp3) is 0.286. The summed E-state index contributed by atoms with van der Waals surface area (Å²) in [7, 11) is 0. The van der Waals surface area contributed by atoms with Gasteiger partial charge in [0.15, 0.2) is 0 Å². The van der Waals surface area contributed by atoms with E-state index in [4.69, 9.17) is 11.6 Å². The van der Waals surface area contributed by atoms with Crippen LogP contribution >= 0.6 is 11.6 Å². The number of aryl methyl sites for hydroxylation is 1. The number of aromatic nitrogens is 2. The van der Waals surface area contributed by atoms with Gasteiger partial charge in [-0.3, -0.25) is 19.6 Å². The monoisotopic (exact) mass is 337 g/mol. The minimum atomic E-state index is -0.549. The molecule has 9 heteroatoms. The summed E-state index contributed by atoms with van der Waals surface area (Å²) in [5.74, 6) is -0.315. The van der Waals surface area contributed by atoms with E-state index in [1.165, 1.54) is 18.2 Å². The molecule has 0 aliphatic heterocycles. The first-order valence-corrected chi connectivity index (χ1v) is 7.32. The largest absolute Gasteiger partial charge is 0.371 e. The molecule has 0 saturated heterocycles. The number of carbonyl (C=O) groups excluding carboxylic acids is 1. The predicted octanol–water partition coefficient (Wildman–Crippen LogP) is 2.90. The summed E-state index contributed by atoms with van der Waals surface area (Å²) in [6.45, 7) is 4.39. The summed E-state index contributed by atoms with van der Waals surface area (Å²) >= 11 is 5.95. The highest BCUT2D eigenvalue weighted by molar-refractivity contribution is 6.34. The van der Waals surface area contributed by atoms with Crippen LogP contribution in [0.3, 0.4) is 0 Å². The summed E-state index contributed by atoms with van der Waals surface area (Å²) in [5.41, 5.74) is 0.913. The van der Waals surface area contributed by atoms with E-state index in [9.17, 15) is 14.9 Å². The smallest absolute Gasteiger partial charge is 0.271 e. The number of benzene rings is 1. The Hall–Kier alpha value is -2.61. The molecule has 2 N–H and O–H groups in total. The number of nitro benzene ring substituents is 1. The van der Waals surface area contributed by atoms with Crippen LogP contribution in [-0.4, -0.2) is 26.7 Å². The Labute approximate surface area is 137 Å². The third kappa shape index (κ3) is 4.19. The van der Waals surface area contributed by atoms with E-state index < -0.39 is 11.0 Å². The Balaban J connectivity index is 2.01. The van der Waals surface area contributed by atoms with Crippen LogP contribution in [0.1, 0.15) is 13.8 Å². The lowest BCUT2D eigenvalue weighted by molar-refractivity contribution is -0.384. The van der Waals surface area contributed by atoms with Gasteiger partial charge in [-0.05, 0) is 19.9 Å². The number of nitro groups is 1. The second-order valence-corrected chi connectivity index (χ2v) is 5.27. The Kier molecular flexibility index (Phi) is 5.17. The number of nitrogens with zero attached hydrogens (tertiary/aromatic N) is 3. The maximum absolute atomic E-state index is 12.2. The zero-order valence-electron chi connectivity index (χ0n) is 12.6. The van der Waals surface area contributed by atoms with Gasteiger partial charge in [0, 0.05) is 24.9 Å². The third-order valence-corrected chi connectivity index (χ3v) is 3.47. The van der Waals surface area contributed by atoms with E-state index in [1.54, 1.807) is 24.0 Å². The van der Waals surface area contributed by atoms with Crippen LogP contribution in [0, 0.1) is 10.1 Å². The van der Waals surface area contributed by atoms with E-state index in [-0.39, 0.29) is 16.6 Å². The fourth-order valence-corrected chi connectivity index (χ4v) is 2.11. The fourth-order valence-electron chi connectivity index (χ4n) is 1.89. The number of hydrogen-bond donors (Lipinski definition) is 2. The molecular weight excluding hydrogens is 322 g/mol. The van der Waals surface area contributed by atoms with Crippen LogP contribution in [0.25, 0.3) is 0 Å². The molecule has 1 atom stereocenters. The molecule has 1 amide bonds. The van der Waals surface area contributed by atoms with E-state index in [2.05, 4.69) is 15.7 Å². The van der Waals surface area contributed by atoms with Gasteiger partial charge in [-0.2, -0.15) is 5.10 Å². The molecular formula is C14H16ClN5O3. The van der Waals surface area contributed by atoms with Gasteiger partial charge >= 0.3 is 0 Å². The highest BCUT2D eigenvalue weighted by Crippen LogP contribution is 2.26. The number of nitrogens with one attached hydrogen (secondary N) is 2. The molecule has 1 aromatic heterocycles. The Morgan fingerprint density at radius 1 is 1.52 bits per heavy atom. The van der Waals surface area contributed by atoms with Gasteiger partial charge in [0.2, 0.25) is 5.91 Å². The van der Waals surface area contributed by atoms with Gasteiger partial charge in [0.05, 0.1) is 27.5 Å². The minimum Gasteiger partial charge on any atom is -0.371 e. The van der Waals surface area contributed by atoms with Gasteiger partial charge in [0.25, 0.3) is 5.69 Å². The number of anilines is 2. The summed E-state index contributed by atoms with van der Waals surface area (Å²) < 4.78 is 1.74. The van der Waals surface area contributed by atoms with Crippen LogP contribution in [0.15, 0.2) is 30.6 Å². The van der Waals surface area contributed by atoms with Gasteiger partial charge < -0.3 is 10.6 Å². The first-order valence-electron chi connectivity index (χ1n) is 6.94. The van der Waals surface area contributed by atoms with E-state index in [1.807, 2.05) is 6.92 Å². The van der Waals surface area contributed by atoms with Crippen LogP contribution in [0.2, 0.25) is 5.02 Å². The lowest BCUT2D eigenvalue weighted by Crippen LogP contribution is -2.31. The van der Waals surface area contributed by atoms with Crippen molar-refractivity contribution in [3.05, 3.63) is 45.7 Å². The molecule has 0 saturated carbocycles. The number of rotatable bonds is 6. The van der Waals surface area contributed by atoms with Crippen molar-refractivity contribution in [2.24, 2.45) is 0 Å². The third-order valence-electron chi connectivity index (χ3n) is 3.16.